The number of rotatable bonds is 7. The Morgan fingerprint density at radius 1 is 0.514 bits per heavy atom. The van der Waals surface area contributed by atoms with E-state index in [1.54, 1.807) is 6.33 Å². The zero-order valence-corrected chi connectivity index (χ0v) is 41.3. The van der Waals surface area contributed by atoms with E-state index in [4.69, 9.17) is 4.52 Å². The summed E-state index contributed by atoms with van der Waals surface area (Å²) >= 11 is 0. The second kappa shape index (κ2) is 21.0. The van der Waals surface area contributed by atoms with Crippen molar-refractivity contribution in [1.29, 1.82) is 0 Å². The summed E-state index contributed by atoms with van der Waals surface area (Å²) in [5.74, 6) is 1.82. The molecular formula is C60H47Ir2N7O-2. The van der Waals surface area contributed by atoms with Gasteiger partial charge in [-0.2, -0.15) is 16.3 Å². The normalized spacial score (nSPS) is 12.1. The second-order valence-electron chi connectivity index (χ2n) is 16.4. The molecule has 0 saturated heterocycles. The summed E-state index contributed by atoms with van der Waals surface area (Å²) in [6, 6.07) is 70.5. The fourth-order valence-electron chi connectivity index (χ4n) is 9.76. The van der Waals surface area contributed by atoms with Gasteiger partial charge in [0.2, 0.25) is 0 Å². The first-order chi connectivity index (χ1) is 32.7. The zero-order valence-electron chi connectivity index (χ0n) is 36.5. The van der Waals surface area contributed by atoms with Crippen LogP contribution in [0.1, 0.15) is 45.2 Å². The summed E-state index contributed by atoms with van der Waals surface area (Å²) in [6.45, 7) is 2.26. The molecule has 0 amide bonds. The maximum absolute atomic E-state index is 5.06. The van der Waals surface area contributed by atoms with Gasteiger partial charge in [-0.3, -0.25) is 0 Å². The molecule has 1 unspecified atom stereocenters. The molecule has 2 radical (unpaired) electrons. The second-order valence-corrected chi connectivity index (χ2v) is 16.4. The molecule has 13 rings (SSSR count). The summed E-state index contributed by atoms with van der Waals surface area (Å²) in [6.07, 6.45) is 6.04. The first-order valence-electron chi connectivity index (χ1n) is 22.1. The Balaban J connectivity index is 0.000000181. The standard InChI is InChI=1S/C31H19N4O.C27H20N3.2CH4.2Ir/c1-3-11-24-21(7-1)9-5-13-26(24)23-15-16-28(27-14-6-10-22-8-2-4-12-25(22)27)30(19-23)35-20-32-33-31(35)29-17-18-36-34-29;1-2-21-22-10-5-6-11-24(22)26-23(21)12-7-13-25(26)30-17-28-29-27(30)20-15-14-18-8-3-4-9-19(18)16-20;;;;/h1-16,18-20H;3-14,16-17,21H,2H2,1H3;2*1H4;;/q2*-1;;;;. The van der Waals surface area contributed by atoms with Crippen LogP contribution in [0.15, 0.2) is 205 Å². The first kappa shape index (κ1) is 49.0. The SMILES string of the molecule is C.C.CCC1c2ccccc2-c2c1cccc2-n1cnnc1-c1[c-]cc2ccccc2c1.[Ir].[Ir].[c-]1conc1-c1nncn1-c1cc(-c2cccc3ccccc23)ccc1-c1cccc2ccccc12. The molecule has 0 aliphatic heterocycles. The molecule has 1 aliphatic rings. The van der Waals surface area contributed by atoms with Crippen LogP contribution in [0.3, 0.4) is 0 Å². The number of nitrogens with zero attached hydrogens (tertiary/aromatic N) is 7. The van der Waals surface area contributed by atoms with Crippen molar-refractivity contribution in [3.8, 4) is 67.7 Å². The molecule has 10 heteroatoms. The average molecular weight is 1270 g/mol. The molecule has 348 valence electrons. The van der Waals surface area contributed by atoms with E-state index in [1.165, 1.54) is 66.4 Å². The van der Waals surface area contributed by atoms with Crippen LogP contribution in [0.5, 0.6) is 0 Å². The van der Waals surface area contributed by atoms with Gasteiger partial charge in [0.05, 0.1) is 5.82 Å². The van der Waals surface area contributed by atoms with Crippen LogP contribution in [0.25, 0.3) is 100.0 Å². The summed E-state index contributed by atoms with van der Waals surface area (Å²) in [4.78, 5) is 0. The van der Waals surface area contributed by atoms with Crippen LogP contribution in [0.2, 0.25) is 0 Å². The number of aromatic nitrogens is 7. The molecule has 9 aromatic carbocycles. The molecule has 12 aromatic rings. The van der Waals surface area contributed by atoms with Gasteiger partial charge in [-0.25, -0.2) is 5.10 Å². The zero-order chi connectivity index (χ0) is 44.0. The molecule has 3 aromatic heterocycles. The van der Waals surface area contributed by atoms with Crippen LogP contribution in [0, 0.1) is 12.1 Å². The maximum Gasteiger partial charge on any atom is 0.114 e. The third-order valence-corrected chi connectivity index (χ3v) is 12.8. The number of hydrogen-bond donors (Lipinski definition) is 0. The van der Waals surface area contributed by atoms with E-state index in [0.29, 0.717) is 17.4 Å². The molecule has 3 heterocycles. The van der Waals surface area contributed by atoms with Gasteiger partial charge in [0, 0.05) is 80.7 Å². The fraction of sp³-hybridized carbons (Fsp3) is 0.0833. The Kier molecular flexibility index (Phi) is 14.7. The van der Waals surface area contributed by atoms with Crippen LogP contribution in [-0.4, -0.2) is 34.7 Å². The van der Waals surface area contributed by atoms with Crippen molar-refractivity contribution in [3.05, 3.63) is 224 Å². The Bertz CT molecular complexity index is 3740. The molecule has 0 fully saturated rings. The Morgan fingerprint density at radius 2 is 1.10 bits per heavy atom. The van der Waals surface area contributed by atoms with Gasteiger partial charge < -0.3 is 13.7 Å². The van der Waals surface area contributed by atoms with E-state index in [9.17, 15) is 0 Å². The fourth-order valence-corrected chi connectivity index (χ4v) is 9.76. The Morgan fingerprint density at radius 3 is 1.83 bits per heavy atom. The summed E-state index contributed by atoms with van der Waals surface area (Å²) in [5.41, 5.74) is 13.4. The van der Waals surface area contributed by atoms with Crippen LogP contribution in [-0.2, 0) is 40.2 Å². The predicted octanol–water partition coefficient (Wildman–Crippen LogP) is 15.0. The Hall–Kier alpha value is -7.45. The smallest absolute Gasteiger partial charge is 0.114 e. The minimum Gasteiger partial charge on any atom is -0.387 e. The van der Waals surface area contributed by atoms with Gasteiger partial charge in [-0.1, -0.05) is 185 Å². The predicted molar refractivity (Wildman–Crippen MR) is 276 cm³/mol. The van der Waals surface area contributed by atoms with Crippen molar-refractivity contribution in [3.63, 3.8) is 0 Å². The topological polar surface area (TPSA) is 87.4 Å². The van der Waals surface area contributed by atoms with Crippen molar-refractivity contribution < 1.29 is 44.7 Å². The third-order valence-electron chi connectivity index (χ3n) is 12.8. The van der Waals surface area contributed by atoms with Crippen LogP contribution in [0.4, 0.5) is 0 Å². The van der Waals surface area contributed by atoms with E-state index >= 15 is 0 Å². The van der Waals surface area contributed by atoms with Crippen molar-refractivity contribution in [2.75, 3.05) is 0 Å². The summed E-state index contributed by atoms with van der Waals surface area (Å²) in [5, 5.41) is 28.5. The van der Waals surface area contributed by atoms with Gasteiger partial charge in [0.15, 0.2) is 0 Å². The minimum atomic E-state index is 0. The largest absolute Gasteiger partial charge is 0.387 e. The first-order valence-corrected chi connectivity index (χ1v) is 22.1. The van der Waals surface area contributed by atoms with Gasteiger partial charge in [0.1, 0.15) is 12.7 Å². The van der Waals surface area contributed by atoms with Gasteiger partial charge in [-0.15, -0.1) is 39.4 Å². The van der Waals surface area contributed by atoms with Crippen molar-refractivity contribution >= 4 is 32.3 Å². The van der Waals surface area contributed by atoms with E-state index in [0.717, 1.165) is 45.9 Å². The van der Waals surface area contributed by atoms with Gasteiger partial charge >= 0.3 is 0 Å². The average Bonchev–Trinajstić information content (AvgIpc) is 4.23. The van der Waals surface area contributed by atoms with Crippen molar-refractivity contribution in [2.24, 2.45) is 0 Å². The van der Waals surface area contributed by atoms with Crippen LogP contribution < -0.4 is 0 Å². The van der Waals surface area contributed by atoms with Crippen LogP contribution >= 0.6 is 0 Å². The van der Waals surface area contributed by atoms with E-state index in [2.05, 4.69) is 219 Å². The molecule has 1 aliphatic carbocycles. The van der Waals surface area contributed by atoms with E-state index in [1.807, 2.05) is 23.0 Å². The minimum absolute atomic E-state index is 0. The molecule has 8 nitrogen and oxygen atoms in total. The van der Waals surface area contributed by atoms with E-state index < -0.39 is 0 Å². The van der Waals surface area contributed by atoms with Crippen molar-refractivity contribution in [2.45, 2.75) is 34.1 Å². The maximum atomic E-state index is 5.06. The van der Waals surface area contributed by atoms with E-state index in [-0.39, 0.29) is 55.1 Å². The third kappa shape index (κ3) is 8.65. The molecule has 0 N–H and O–H groups in total. The molecule has 0 spiro atoms. The summed E-state index contributed by atoms with van der Waals surface area (Å²) < 4.78 is 9.12. The molecule has 70 heavy (non-hydrogen) atoms. The van der Waals surface area contributed by atoms with Gasteiger partial charge in [-0.05, 0) is 79.2 Å². The molecule has 1 atom stereocenters. The quantitative estimate of drug-likeness (QED) is 0.148. The number of hydrogen-bond acceptors (Lipinski definition) is 6. The summed E-state index contributed by atoms with van der Waals surface area (Å²) in [7, 11) is 0. The number of fused-ring (bicyclic) bond motifs is 6. The molecular weight excluding hydrogens is 1220 g/mol. The monoisotopic (exact) mass is 1270 g/mol. The molecule has 0 bridgehead atoms. The van der Waals surface area contributed by atoms with Crippen molar-refractivity contribution in [1.82, 2.24) is 34.7 Å². The molecule has 0 saturated carbocycles. The number of benzene rings is 9. The van der Waals surface area contributed by atoms with Gasteiger partial charge in [0.25, 0.3) is 0 Å². The Labute approximate surface area is 434 Å².